The van der Waals surface area contributed by atoms with Crippen LogP contribution in [0.5, 0.6) is 0 Å². The zero-order valence-electron chi connectivity index (χ0n) is 10.7. The standard InChI is InChI=1S/C12H12N6O2/c1-3-7(11-9(5-1)15-19-17-11)13-14-8-4-2-6-10-12(8)18-20-16-10/h1-6H2/b13-7-,14-8-. The molecule has 2 aliphatic rings. The molecule has 20 heavy (non-hydrogen) atoms. The van der Waals surface area contributed by atoms with E-state index < -0.39 is 0 Å². The Kier molecular flexibility index (Phi) is 2.65. The summed E-state index contributed by atoms with van der Waals surface area (Å²) in [7, 11) is 0. The van der Waals surface area contributed by atoms with E-state index in [1.54, 1.807) is 0 Å². The molecule has 4 rings (SSSR count). The van der Waals surface area contributed by atoms with Gasteiger partial charge in [-0.2, -0.15) is 10.2 Å². The van der Waals surface area contributed by atoms with E-state index in [9.17, 15) is 0 Å². The zero-order valence-corrected chi connectivity index (χ0v) is 10.7. The van der Waals surface area contributed by atoms with Crippen LogP contribution in [-0.2, 0) is 12.8 Å². The first-order valence-corrected chi connectivity index (χ1v) is 6.69. The third kappa shape index (κ3) is 1.84. The Bertz CT molecular complexity index is 638. The van der Waals surface area contributed by atoms with Gasteiger partial charge in [-0.25, -0.2) is 9.26 Å². The molecular formula is C12H12N6O2. The number of rotatable bonds is 1. The number of fused-ring (bicyclic) bond motifs is 2. The van der Waals surface area contributed by atoms with E-state index in [1.807, 2.05) is 0 Å². The molecule has 0 saturated carbocycles. The van der Waals surface area contributed by atoms with Crippen LogP contribution in [0.4, 0.5) is 0 Å². The van der Waals surface area contributed by atoms with Gasteiger partial charge in [-0.1, -0.05) is 10.3 Å². The van der Waals surface area contributed by atoms with Gasteiger partial charge >= 0.3 is 0 Å². The molecule has 0 aromatic carbocycles. The fraction of sp³-hybridized carbons (Fsp3) is 0.500. The highest BCUT2D eigenvalue weighted by Crippen LogP contribution is 2.20. The average Bonchev–Trinajstić information content (AvgIpc) is 3.13. The Morgan fingerprint density at radius 2 is 1.15 bits per heavy atom. The van der Waals surface area contributed by atoms with Gasteiger partial charge < -0.3 is 0 Å². The summed E-state index contributed by atoms with van der Waals surface area (Å²) in [6, 6.07) is 0. The van der Waals surface area contributed by atoms with E-state index >= 15 is 0 Å². The molecule has 2 heterocycles. The van der Waals surface area contributed by atoms with Crippen LogP contribution >= 0.6 is 0 Å². The van der Waals surface area contributed by atoms with Gasteiger partial charge in [-0.15, -0.1) is 0 Å². The zero-order chi connectivity index (χ0) is 13.4. The molecule has 0 bridgehead atoms. The molecule has 0 unspecified atom stereocenters. The average molecular weight is 272 g/mol. The maximum absolute atomic E-state index is 4.77. The fourth-order valence-electron chi connectivity index (χ4n) is 2.58. The molecule has 0 spiro atoms. The normalized spacial score (nSPS) is 22.0. The van der Waals surface area contributed by atoms with E-state index in [1.165, 1.54) is 0 Å². The van der Waals surface area contributed by atoms with Crippen molar-refractivity contribution < 1.29 is 9.26 Å². The molecule has 0 N–H and O–H groups in total. The SMILES string of the molecule is C1C/C(=N/N=C2/CCCc3nonc32)c2nonc2C1. The quantitative estimate of drug-likeness (QED) is 0.725. The molecule has 0 amide bonds. The van der Waals surface area contributed by atoms with Crippen LogP contribution in [0.3, 0.4) is 0 Å². The van der Waals surface area contributed by atoms with Gasteiger partial charge in [0.2, 0.25) is 0 Å². The molecule has 0 atom stereocenters. The molecule has 0 aliphatic heterocycles. The van der Waals surface area contributed by atoms with E-state index in [4.69, 9.17) is 9.26 Å². The minimum Gasteiger partial charge on any atom is -0.244 e. The Labute approximate surface area is 113 Å². The van der Waals surface area contributed by atoms with Gasteiger partial charge in [0.1, 0.15) is 11.4 Å². The van der Waals surface area contributed by atoms with Crippen LogP contribution < -0.4 is 0 Å². The highest BCUT2D eigenvalue weighted by Gasteiger charge is 2.23. The lowest BCUT2D eigenvalue weighted by molar-refractivity contribution is 0.303. The second-order valence-corrected chi connectivity index (χ2v) is 4.92. The van der Waals surface area contributed by atoms with Gasteiger partial charge in [-0.05, 0) is 48.8 Å². The lowest BCUT2D eigenvalue weighted by Crippen LogP contribution is -2.14. The summed E-state index contributed by atoms with van der Waals surface area (Å²) in [4.78, 5) is 0. The van der Waals surface area contributed by atoms with Crippen molar-refractivity contribution >= 4 is 11.4 Å². The summed E-state index contributed by atoms with van der Waals surface area (Å²) >= 11 is 0. The Morgan fingerprint density at radius 1 is 0.650 bits per heavy atom. The number of aromatic nitrogens is 4. The molecule has 102 valence electrons. The molecular weight excluding hydrogens is 260 g/mol. The summed E-state index contributed by atoms with van der Waals surface area (Å²) in [5.41, 5.74) is 4.84. The third-order valence-corrected chi connectivity index (χ3v) is 3.61. The first-order valence-electron chi connectivity index (χ1n) is 6.69. The Balaban J connectivity index is 1.69. The van der Waals surface area contributed by atoms with E-state index in [-0.39, 0.29) is 0 Å². The predicted octanol–water partition coefficient (Wildman–Crippen LogP) is 1.32. The first-order chi connectivity index (χ1) is 9.92. The minimum absolute atomic E-state index is 0.731. The topological polar surface area (TPSA) is 103 Å². The van der Waals surface area contributed by atoms with Gasteiger partial charge in [0.05, 0.1) is 11.4 Å². The number of hydrogen-bond donors (Lipinski definition) is 0. The lowest BCUT2D eigenvalue weighted by Gasteiger charge is -2.10. The first kappa shape index (κ1) is 11.4. The summed E-state index contributed by atoms with van der Waals surface area (Å²) in [6.45, 7) is 0. The van der Waals surface area contributed by atoms with Crippen molar-refractivity contribution in [1.29, 1.82) is 0 Å². The van der Waals surface area contributed by atoms with Crippen molar-refractivity contribution in [2.24, 2.45) is 10.2 Å². The summed E-state index contributed by atoms with van der Waals surface area (Å²) in [6.07, 6.45) is 5.41. The predicted molar refractivity (Wildman–Crippen MR) is 67.5 cm³/mol. The molecule has 0 fully saturated rings. The van der Waals surface area contributed by atoms with Crippen LogP contribution in [0.2, 0.25) is 0 Å². The molecule has 8 nitrogen and oxygen atoms in total. The third-order valence-electron chi connectivity index (χ3n) is 3.61. The Hall–Kier alpha value is -2.38. The monoisotopic (exact) mass is 272 g/mol. The van der Waals surface area contributed by atoms with Crippen LogP contribution in [0.1, 0.15) is 48.5 Å². The second-order valence-electron chi connectivity index (χ2n) is 4.92. The number of aryl methyl sites for hydroxylation is 2. The second kappa shape index (κ2) is 4.62. The van der Waals surface area contributed by atoms with Crippen molar-refractivity contribution in [2.75, 3.05) is 0 Å². The molecule has 0 saturated heterocycles. The minimum atomic E-state index is 0.731. The van der Waals surface area contributed by atoms with Crippen molar-refractivity contribution in [3.05, 3.63) is 22.8 Å². The van der Waals surface area contributed by atoms with Gasteiger partial charge in [0.15, 0.2) is 11.4 Å². The maximum Gasteiger partial charge on any atom is 0.154 e. The van der Waals surface area contributed by atoms with Crippen LogP contribution in [0.25, 0.3) is 0 Å². The van der Waals surface area contributed by atoms with Crippen LogP contribution in [-0.4, -0.2) is 32.1 Å². The largest absolute Gasteiger partial charge is 0.244 e. The van der Waals surface area contributed by atoms with E-state index in [0.29, 0.717) is 0 Å². The summed E-state index contributed by atoms with van der Waals surface area (Å²) in [5.74, 6) is 0. The summed E-state index contributed by atoms with van der Waals surface area (Å²) < 4.78 is 9.53. The van der Waals surface area contributed by atoms with Gasteiger partial charge in [0, 0.05) is 0 Å². The highest BCUT2D eigenvalue weighted by atomic mass is 16.6. The fourth-order valence-corrected chi connectivity index (χ4v) is 2.58. The van der Waals surface area contributed by atoms with E-state index in [2.05, 4.69) is 30.8 Å². The number of hydrogen-bond acceptors (Lipinski definition) is 8. The van der Waals surface area contributed by atoms with Gasteiger partial charge in [0.25, 0.3) is 0 Å². The van der Waals surface area contributed by atoms with Gasteiger partial charge in [-0.3, -0.25) is 0 Å². The lowest BCUT2D eigenvalue weighted by atomic mass is 9.99. The summed E-state index contributed by atoms with van der Waals surface area (Å²) in [5, 5.41) is 24.2. The van der Waals surface area contributed by atoms with Crippen LogP contribution in [0, 0.1) is 0 Å². The smallest absolute Gasteiger partial charge is 0.154 e. The van der Waals surface area contributed by atoms with Crippen LogP contribution in [0.15, 0.2) is 19.5 Å². The molecule has 2 aliphatic carbocycles. The molecule has 8 heteroatoms. The van der Waals surface area contributed by atoms with Crippen molar-refractivity contribution in [2.45, 2.75) is 38.5 Å². The molecule has 2 aromatic heterocycles. The van der Waals surface area contributed by atoms with Crippen molar-refractivity contribution in [3.8, 4) is 0 Å². The van der Waals surface area contributed by atoms with Crippen molar-refractivity contribution in [3.63, 3.8) is 0 Å². The molecule has 2 aromatic rings. The number of nitrogens with zero attached hydrogens (tertiary/aromatic N) is 6. The molecule has 0 radical (unpaired) electrons. The van der Waals surface area contributed by atoms with Crippen molar-refractivity contribution in [1.82, 2.24) is 20.6 Å². The maximum atomic E-state index is 4.77. The van der Waals surface area contributed by atoms with E-state index in [0.717, 1.165) is 72.7 Å². The highest BCUT2D eigenvalue weighted by molar-refractivity contribution is 6.03. The Morgan fingerprint density at radius 3 is 1.65 bits per heavy atom.